The van der Waals surface area contributed by atoms with E-state index in [0.717, 1.165) is 42.8 Å². The standard InChI is InChI=1S/C21H26N2O4S/c1-27-20-10-6-17(7-11-20)12-15-28(25,26)22-19-8-4-18(5-9-19)16-21(24)23-13-2-3-14-23/h4-11,22H,2-3,12-16H2,1H3. The first-order chi connectivity index (χ1) is 13.4. The zero-order chi connectivity index (χ0) is 20.0. The SMILES string of the molecule is COc1ccc(CCS(=O)(=O)Nc2ccc(CC(=O)N3CCCC3)cc2)cc1. The van der Waals surface area contributed by atoms with Crippen molar-refractivity contribution in [2.24, 2.45) is 0 Å². The fraction of sp³-hybridized carbons (Fsp3) is 0.381. The molecule has 0 spiro atoms. The summed E-state index contributed by atoms with van der Waals surface area (Å²) in [6, 6.07) is 14.4. The molecule has 1 aliphatic rings. The summed E-state index contributed by atoms with van der Waals surface area (Å²) >= 11 is 0. The molecule has 28 heavy (non-hydrogen) atoms. The third kappa shape index (κ3) is 5.73. The number of nitrogens with one attached hydrogen (secondary N) is 1. The molecule has 6 nitrogen and oxygen atoms in total. The van der Waals surface area contributed by atoms with E-state index in [1.54, 1.807) is 31.4 Å². The number of methoxy groups -OCH3 is 1. The average molecular weight is 403 g/mol. The van der Waals surface area contributed by atoms with Gasteiger partial charge in [0.1, 0.15) is 5.75 Å². The Morgan fingerprint density at radius 3 is 2.21 bits per heavy atom. The minimum Gasteiger partial charge on any atom is -0.497 e. The number of carbonyl (C=O) groups excluding carboxylic acids is 1. The molecule has 0 unspecified atom stereocenters. The Hall–Kier alpha value is -2.54. The highest BCUT2D eigenvalue weighted by molar-refractivity contribution is 7.92. The van der Waals surface area contributed by atoms with Crippen LogP contribution in [0.3, 0.4) is 0 Å². The first-order valence-electron chi connectivity index (χ1n) is 9.45. The number of likely N-dealkylation sites (tertiary alicyclic amines) is 1. The molecule has 0 bridgehead atoms. The molecule has 0 saturated carbocycles. The zero-order valence-electron chi connectivity index (χ0n) is 16.1. The molecular formula is C21H26N2O4S. The molecule has 2 aromatic rings. The lowest BCUT2D eigenvalue weighted by molar-refractivity contribution is -0.129. The van der Waals surface area contributed by atoms with Crippen LogP contribution in [-0.2, 0) is 27.7 Å². The Morgan fingerprint density at radius 2 is 1.61 bits per heavy atom. The van der Waals surface area contributed by atoms with E-state index in [1.165, 1.54) is 0 Å². The van der Waals surface area contributed by atoms with E-state index in [4.69, 9.17) is 4.74 Å². The minimum absolute atomic E-state index is 0.00543. The van der Waals surface area contributed by atoms with E-state index in [1.807, 2.05) is 29.2 Å². The number of carbonyl (C=O) groups is 1. The van der Waals surface area contributed by atoms with Crippen molar-refractivity contribution in [3.05, 3.63) is 59.7 Å². The van der Waals surface area contributed by atoms with Crippen LogP contribution in [0.25, 0.3) is 0 Å². The highest BCUT2D eigenvalue weighted by atomic mass is 32.2. The maximum Gasteiger partial charge on any atom is 0.233 e. The van der Waals surface area contributed by atoms with Crippen molar-refractivity contribution in [3.63, 3.8) is 0 Å². The van der Waals surface area contributed by atoms with E-state index in [2.05, 4.69) is 4.72 Å². The van der Waals surface area contributed by atoms with Crippen LogP contribution in [-0.4, -0.2) is 45.2 Å². The van der Waals surface area contributed by atoms with E-state index < -0.39 is 10.0 Å². The van der Waals surface area contributed by atoms with E-state index in [-0.39, 0.29) is 11.7 Å². The molecule has 3 rings (SSSR count). The predicted octanol–water partition coefficient (Wildman–Crippen LogP) is 2.84. The molecule has 0 radical (unpaired) electrons. The Morgan fingerprint density at radius 1 is 1.00 bits per heavy atom. The van der Waals surface area contributed by atoms with Crippen molar-refractivity contribution in [3.8, 4) is 5.75 Å². The zero-order valence-corrected chi connectivity index (χ0v) is 16.9. The number of hydrogen-bond acceptors (Lipinski definition) is 4. The van der Waals surface area contributed by atoms with Crippen LogP contribution in [0, 0.1) is 0 Å². The van der Waals surface area contributed by atoms with Crippen molar-refractivity contribution >= 4 is 21.6 Å². The number of amides is 1. The quantitative estimate of drug-likeness (QED) is 0.737. The van der Waals surface area contributed by atoms with Crippen LogP contribution in [0.4, 0.5) is 5.69 Å². The highest BCUT2D eigenvalue weighted by Crippen LogP contribution is 2.16. The van der Waals surface area contributed by atoms with Gasteiger partial charge in [0.05, 0.1) is 19.3 Å². The Labute approximate surface area is 166 Å². The summed E-state index contributed by atoms with van der Waals surface area (Å²) < 4.78 is 32.4. The minimum atomic E-state index is -3.45. The van der Waals surface area contributed by atoms with Gasteiger partial charge in [-0.05, 0) is 54.7 Å². The van der Waals surface area contributed by atoms with Gasteiger partial charge in [0.15, 0.2) is 0 Å². The smallest absolute Gasteiger partial charge is 0.233 e. The lowest BCUT2D eigenvalue weighted by atomic mass is 10.1. The van der Waals surface area contributed by atoms with E-state index in [0.29, 0.717) is 18.5 Å². The van der Waals surface area contributed by atoms with Gasteiger partial charge in [0.2, 0.25) is 15.9 Å². The van der Waals surface area contributed by atoms with E-state index >= 15 is 0 Å². The van der Waals surface area contributed by atoms with Gasteiger partial charge >= 0.3 is 0 Å². The van der Waals surface area contributed by atoms with Gasteiger partial charge in [-0.15, -0.1) is 0 Å². The summed E-state index contributed by atoms with van der Waals surface area (Å²) in [6.07, 6.45) is 2.91. The number of rotatable bonds is 8. The summed E-state index contributed by atoms with van der Waals surface area (Å²) in [5, 5.41) is 0. The monoisotopic (exact) mass is 402 g/mol. The molecular weight excluding hydrogens is 376 g/mol. The summed E-state index contributed by atoms with van der Waals surface area (Å²) in [6.45, 7) is 1.68. The summed E-state index contributed by atoms with van der Waals surface area (Å²) in [4.78, 5) is 14.1. The summed E-state index contributed by atoms with van der Waals surface area (Å²) in [5.41, 5.74) is 2.33. The van der Waals surface area contributed by atoms with Gasteiger partial charge in [0, 0.05) is 18.8 Å². The van der Waals surface area contributed by atoms with Gasteiger partial charge < -0.3 is 9.64 Å². The molecule has 1 fully saturated rings. The maximum atomic E-state index is 12.3. The summed E-state index contributed by atoms with van der Waals surface area (Å²) in [7, 11) is -1.86. The van der Waals surface area contributed by atoms with Crippen molar-refractivity contribution in [2.45, 2.75) is 25.7 Å². The molecule has 7 heteroatoms. The number of aryl methyl sites for hydroxylation is 1. The number of benzene rings is 2. The molecule has 1 saturated heterocycles. The average Bonchev–Trinajstić information content (AvgIpc) is 3.23. The first kappa shape index (κ1) is 20.2. The van der Waals surface area contributed by atoms with Gasteiger partial charge in [0.25, 0.3) is 0 Å². The number of nitrogens with zero attached hydrogens (tertiary/aromatic N) is 1. The molecule has 1 aliphatic heterocycles. The Kier molecular flexibility index (Phi) is 6.57. The molecule has 1 amide bonds. The first-order valence-corrected chi connectivity index (χ1v) is 11.1. The van der Waals surface area contributed by atoms with Crippen LogP contribution in [0.2, 0.25) is 0 Å². The number of anilines is 1. The second kappa shape index (κ2) is 9.10. The third-order valence-corrected chi connectivity index (χ3v) is 6.15. The fourth-order valence-electron chi connectivity index (χ4n) is 3.22. The van der Waals surface area contributed by atoms with Crippen molar-refractivity contribution < 1.29 is 17.9 Å². The topological polar surface area (TPSA) is 75.7 Å². The van der Waals surface area contributed by atoms with Crippen LogP contribution in [0.15, 0.2) is 48.5 Å². The molecule has 0 aromatic heterocycles. The Bertz CT molecular complexity index is 887. The van der Waals surface area contributed by atoms with Crippen LogP contribution >= 0.6 is 0 Å². The predicted molar refractivity (Wildman–Crippen MR) is 110 cm³/mol. The highest BCUT2D eigenvalue weighted by Gasteiger charge is 2.18. The number of ether oxygens (including phenoxy) is 1. The second-order valence-electron chi connectivity index (χ2n) is 6.98. The largest absolute Gasteiger partial charge is 0.497 e. The number of sulfonamides is 1. The van der Waals surface area contributed by atoms with Crippen molar-refractivity contribution in [1.82, 2.24) is 4.90 Å². The number of hydrogen-bond donors (Lipinski definition) is 1. The molecule has 2 aromatic carbocycles. The molecule has 150 valence electrons. The fourth-order valence-corrected chi connectivity index (χ4v) is 4.32. The summed E-state index contributed by atoms with van der Waals surface area (Å²) in [5.74, 6) is 0.868. The van der Waals surface area contributed by atoms with Gasteiger partial charge in [-0.3, -0.25) is 9.52 Å². The lowest BCUT2D eigenvalue weighted by Crippen LogP contribution is -2.29. The van der Waals surface area contributed by atoms with Gasteiger partial charge in [-0.1, -0.05) is 24.3 Å². The molecule has 0 atom stereocenters. The van der Waals surface area contributed by atoms with Crippen LogP contribution in [0.5, 0.6) is 5.75 Å². The third-order valence-electron chi connectivity index (χ3n) is 4.86. The van der Waals surface area contributed by atoms with Crippen molar-refractivity contribution in [2.75, 3.05) is 30.7 Å². The van der Waals surface area contributed by atoms with Crippen LogP contribution < -0.4 is 9.46 Å². The molecule has 0 aliphatic carbocycles. The van der Waals surface area contributed by atoms with E-state index in [9.17, 15) is 13.2 Å². The lowest BCUT2D eigenvalue weighted by Gasteiger charge is -2.15. The van der Waals surface area contributed by atoms with Crippen molar-refractivity contribution in [1.29, 1.82) is 0 Å². The van der Waals surface area contributed by atoms with Gasteiger partial charge in [-0.2, -0.15) is 0 Å². The van der Waals surface area contributed by atoms with Gasteiger partial charge in [-0.25, -0.2) is 8.42 Å². The molecule has 1 heterocycles. The Balaban J connectivity index is 1.52. The maximum absolute atomic E-state index is 12.3. The second-order valence-corrected chi connectivity index (χ2v) is 8.82. The normalized spacial score (nSPS) is 14.1. The van der Waals surface area contributed by atoms with Crippen LogP contribution in [0.1, 0.15) is 24.0 Å². The molecule has 1 N–H and O–H groups in total.